The molecule has 0 atom stereocenters. The summed E-state index contributed by atoms with van der Waals surface area (Å²) < 4.78 is 13.8. The SMILES string of the molecule is CNc1ncccn1.Cl.Fc1ccc(-c2ccc3c(c2)C=C3)c2ccccc12. The summed E-state index contributed by atoms with van der Waals surface area (Å²) in [7, 11) is 1.79. The molecule has 0 fully saturated rings. The van der Waals surface area contributed by atoms with Gasteiger partial charge in [-0.25, -0.2) is 14.4 Å². The second kappa shape index (κ2) is 8.63. The zero-order chi connectivity index (χ0) is 18.6. The van der Waals surface area contributed by atoms with Gasteiger partial charge in [0, 0.05) is 24.8 Å². The van der Waals surface area contributed by atoms with E-state index < -0.39 is 0 Å². The van der Waals surface area contributed by atoms with Crippen LogP contribution >= 0.6 is 12.4 Å². The van der Waals surface area contributed by atoms with E-state index >= 15 is 0 Å². The van der Waals surface area contributed by atoms with Crippen LogP contribution in [0.5, 0.6) is 0 Å². The summed E-state index contributed by atoms with van der Waals surface area (Å²) in [6.45, 7) is 0. The van der Waals surface area contributed by atoms with E-state index in [-0.39, 0.29) is 18.2 Å². The minimum absolute atomic E-state index is 0. The lowest BCUT2D eigenvalue weighted by molar-refractivity contribution is 0.640. The maximum Gasteiger partial charge on any atom is 0.222 e. The van der Waals surface area contributed by atoms with Crippen LogP contribution in [0.15, 0.2) is 73.1 Å². The van der Waals surface area contributed by atoms with Crippen LogP contribution in [0.3, 0.4) is 0 Å². The molecule has 1 aliphatic rings. The van der Waals surface area contributed by atoms with Crippen molar-refractivity contribution in [3.63, 3.8) is 0 Å². The summed E-state index contributed by atoms with van der Waals surface area (Å²) in [5.41, 5.74) is 4.75. The number of nitrogens with zero attached hydrogens (tertiary/aromatic N) is 2. The van der Waals surface area contributed by atoms with Crippen molar-refractivity contribution in [1.82, 2.24) is 9.97 Å². The second-order valence-electron chi connectivity index (χ2n) is 6.14. The summed E-state index contributed by atoms with van der Waals surface area (Å²) in [6.07, 6.45) is 7.59. The van der Waals surface area contributed by atoms with Gasteiger partial charge in [0.25, 0.3) is 0 Å². The summed E-state index contributed by atoms with van der Waals surface area (Å²) in [6, 6.07) is 19.2. The molecular weight excluding hydrogens is 373 g/mol. The van der Waals surface area contributed by atoms with Crippen LogP contribution < -0.4 is 5.32 Å². The van der Waals surface area contributed by atoms with Crippen molar-refractivity contribution in [2.45, 2.75) is 0 Å². The fourth-order valence-electron chi connectivity index (χ4n) is 3.06. The third-order valence-corrected chi connectivity index (χ3v) is 4.50. The first-order valence-corrected chi connectivity index (χ1v) is 8.71. The van der Waals surface area contributed by atoms with Gasteiger partial charge in [-0.1, -0.05) is 54.6 Å². The van der Waals surface area contributed by atoms with Crippen molar-refractivity contribution < 1.29 is 4.39 Å². The van der Waals surface area contributed by atoms with Gasteiger partial charge >= 0.3 is 0 Å². The van der Waals surface area contributed by atoms with Crippen molar-refractivity contribution in [3.8, 4) is 11.1 Å². The molecule has 0 aliphatic heterocycles. The monoisotopic (exact) mass is 391 g/mol. The maximum atomic E-state index is 13.8. The Morgan fingerprint density at radius 3 is 2.11 bits per heavy atom. The second-order valence-corrected chi connectivity index (χ2v) is 6.14. The van der Waals surface area contributed by atoms with E-state index in [1.165, 1.54) is 11.1 Å². The van der Waals surface area contributed by atoms with Gasteiger partial charge in [0.1, 0.15) is 5.82 Å². The van der Waals surface area contributed by atoms with Gasteiger partial charge in [-0.15, -0.1) is 12.4 Å². The largest absolute Gasteiger partial charge is 0.357 e. The first kappa shape index (κ1) is 19.5. The summed E-state index contributed by atoms with van der Waals surface area (Å²) in [5, 5.41) is 4.45. The molecule has 0 radical (unpaired) electrons. The van der Waals surface area contributed by atoms with Gasteiger partial charge in [0.05, 0.1) is 0 Å². The number of anilines is 1. The lowest BCUT2D eigenvalue weighted by atomic mass is 9.91. The standard InChI is InChI=1S/C18H11F.C5H7N3.ClH/c19-18-10-9-15(16-3-1-2-4-17(16)18)14-8-6-12-5-7-13(12)11-14;1-6-5-7-3-2-4-8-5;/h1-11H;2-4H,1H3,(H,6,7,8);1H. The number of fused-ring (bicyclic) bond motifs is 2. The number of hydrogen-bond acceptors (Lipinski definition) is 3. The Kier molecular flexibility index (Phi) is 6.02. The van der Waals surface area contributed by atoms with Crippen LogP contribution in [0.4, 0.5) is 10.3 Å². The predicted octanol–water partition coefficient (Wildman–Crippen LogP) is 6.07. The summed E-state index contributed by atoms with van der Waals surface area (Å²) >= 11 is 0. The van der Waals surface area contributed by atoms with Crippen LogP contribution in [-0.4, -0.2) is 17.0 Å². The zero-order valence-electron chi connectivity index (χ0n) is 15.3. The van der Waals surface area contributed by atoms with Crippen LogP contribution in [0.2, 0.25) is 0 Å². The van der Waals surface area contributed by atoms with Gasteiger partial charge < -0.3 is 5.32 Å². The highest BCUT2D eigenvalue weighted by Gasteiger charge is 2.10. The molecule has 28 heavy (non-hydrogen) atoms. The number of nitrogens with one attached hydrogen (secondary N) is 1. The normalized spacial score (nSPS) is 10.8. The lowest BCUT2D eigenvalue weighted by Gasteiger charge is -2.13. The molecule has 0 saturated carbocycles. The fraction of sp³-hybridized carbons (Fsp3) is 0.0435. The quantitative estimate of drug-likeness (QED) is 0.397. The summed E-state index contributed by atoms with van der Waals surface area (Å²) in [4.78, 5) is 7.75. The number of rotatable bonds is 2. The highest BCUT2D eigenvalue weighted by atomic mass is 35.5. The highest BCUT2D eigenvalue weighted by Crippen LogP contribution is 2.34. The molecule has 5 heteroatoms. The molecule has 1 heterocycles. The van der Waals surface area contributed by atoms with E-state index in [4.69, 9.17) is 0 Å². The molecule has 0 unspecified atom stereocenters. The first-order valence-electron chi connectivity index (χ1n) is 8.71. The first-order chi connectivity index (χ1) is 13.3. The molecule has 5 rings (SSSR count). The van der Waals surface area contributed by atoms with Crippen molar-refractivity contribution in [2.75, 3.05) is 12.4 Å². The summed E-state index contributed by atoms with van der Waals surface area (Å²) in [5.74, 6) is 0.496. The third kappa shape index (κ3) is 3.87. The van der Waals surface area contributed by atoms with Crippen LogP contribution in [-0.2, 0) is 0 Å². The molecule has 3 aromatic carbocycles. The molecule has 0 spiro atoms. The van der Waals surface area contributed by atoms with Crippen molar-refractivity contribution in [1.29, 1.82) is 0 Å². The predicted molar refractivity (Wildman–Crippen MR) is 117 cm³/mol. The van der Waals surface area contributed by atoms with Crippen LogP contribution in [0.25, 0.3) is 34.1 Å². The lowest BCUT2D eigenvalue weighted by Crippen LogP contribution is -1.92. The Hall–Kier alpha value is -3.24. The van der Waals surface area contributed by atoms with Gasteiger partial charge in [-0.2, -0.15) is 0 Å². The van der Waals surface area contributed by atoms with Crippen molar-refractivity contribution in [3.05, 3.63) is 90.0 Å². The molecule has 1 aromatic heterocycles. The van der Waals surface area contributed by atoms with E-state index in [2.05, 4.69) is 45.6 Å². The van der Waals surface area contributed by atoms with E-state index in [1.807, 2.05) is 30.3 Å². The van der Waals surface area contributed by atoms with Crippen molar-refractivity contribution in [2.24, 2.45) is 0 Å². The topological polar surface area (TPSA) is 37.8 Å². The molecule has 3 nitrogen and oxygen atoms in total. The van der Waals surface area contributed by atoms with Gasteiger partial charge in [0.15, 0.2) is 0 Å². The maximum absolute atomic E-state index is 13.8. The van der Waals surface area contributed by atoms with E-state index in [1.54, 1.807) is 31.6 Å². The van der Waals surface area contributed by atoms with Crippen LogP contribution in [0.1, 0.15) is 11.1 Å². The molecule has 0 bridgehead atoms. The van der Waals surface area contributed by atoms with Crippen LogP contribution in [0, 0.1) is 5.82 Å². The number of halogens is 2. The Morgan fingerprint density at radius 1 is 0.786 bits per heavy atom. The molecule has 4 aromatic rings. The van der Waals surface area contributed by atoms with E-state index in [9.17, 15) is 4.39 Å². The fourth-order valence-corrected chi connectivity index (χ4v) is 3.06. The average molecular weight is 392 g/mol. The molecule has 140 valence electrons. The van der Waals surface area contributed by atoms with Crippen molar-refractivity contribution >= 4 is 41.3 Å². The van der Waals surface area contributed by atoms with Gasteiger partial charge in [-0.3, -0.25) is 0 Å². The third-order valence-electron chi connectivity index (χ3n) is 4.50. The molecule has 1 aliphatic carbocycles. The van der Waals surface area contributed by atoms with E-state index in [0.717, 1.165) is 16.5 Å². The Morgan fingerprint density at radius 2 is 1.50 bits per heavy atom. The van der Waals surface area contributed by atoms with E-state index in [0.29, 0.717) is 11.3 Å². The Labute approximate surface area is 169 Å². The average Bonchev–Trinajstić information content (AvgIpc) is 2.71. The smallest absolute Gasteiger partial charge is 0.222 e. The zero-order valence-corrected chi connectivity index (χ0v) is 16.1. The highest BCUT2D eigenvalue weighted by molar-refractivity contribution is 5.98. The number of benzene rings is 3. The number of aromatic nitrogens is 2. The Bertz CT molecular complexity index is 1130. The number of hydrogen-bond donors (Lipinski definition) is 1. The minimum atomic E-state index is -0.164. The molecule has 0 saturated heterocycles. The molecule has 1 N–H and O–H groups in total. The Balaban J connectivity index is 0.000000213. The van der Waals surface area contributed by atoms with Gasteiger partial charge in [0.2, 0.25) is 5.95 Å². The minimum Gasteiger partial charge on any atom is -0.357 e. The molecule has 0 amide bonds. The van der Waals surface area contributed by atoms with Gasteiger partial charge in [-0.05, 0) is 45.8 Å². The molecular formula is C23H19ClFN3.